The van der Waals surface area contributed by atoms with Crippen LogP contribution in [0.1, 0.15) is 32.0 Å². The number of ether oxygens (including phenoxy) is 1. The topological polar surface area (TPSA) is 90.5 Å². The number of amides is 2. The van der Waals surface area contributed by atoms with Crippen molar-refractivity contribution in [1.29, 1.82) is 0 Å². The fourth-order valence-electron chi connectivity index (χ4n) is 2.96. The molecule has 2 heterocycles. The van der Waals surface area contributed by atoms with E-state index in [0.717, 1.165) is 18.8 Å². The first-order valence-electron chi connectivity index (χ1n) is 9.10. The van der Waals surface area contributed by atoms with Gasteiger partial charge in [-0.2, -0.15) is 0 Å². The highest BCUT2D eigenvalue weighted by Crippen LogP contribution is 2.17. The summed E-state index contributed by atoms with van der Waals surface area (Å²) in [6.45, 7) is 9.80. The maximum absolute atomic E-state index is 11.8. The first-order chi connectivity index (χ1) is 12.6. The van der Waals surface area contributed by atoms with Crippen LogP contribution >= 0.6 is 11.8 Å². The van der Waals surface area contributed by atoms with Crippen LogP contribution in [0.3, 0.4) is 0 Å². The largest absolute Gasteiger partial charge is 0.450 e. The Balaban J connectivity index is 1.89. The molecule has 1 aromatic heterocycles. The van der Waals surface area contributed by atoms with E-state index in [1.807, 2.05) is 4.57 Å². The number of nitrogens with one attached hydrogen (secondary N) is 2. The van der Waals surface area contributed by atoms with Crippen molar-refractivity contribution in [3.63, 3.8) is 0 Å². The summed E-state index contributed by atoms with van der Waals surface area (Å²) in [7, 11) is 0. The number of nitrogens with zero attached hydrogens (tertiary/aromatic N) is 3. The van der Waals surface area contributed by atoms with Crippen LogP contribution in [0, 0.1) is 0 Å². The van der Waals surface area contributed by atoms with Crippen LogP contribution in [0.2, 0.25) is 0 Å². The number of carbonyl (C=O) groups is 2. The number of quaternary nitrogens is 1. The summed E-state index contributed by atoms with van der Waals surface area (Å²) < 4.78 is 6.68. The third kappa shape index (κ3) is 6.45. The molecule has 8 nitrogen and oxygen atoms in total. The van der Waals surface area contributed by atoms with Crippen LogP contribution in [0.15, 0.2) is 17.8 Å². The molecule has 2 amide bonds. The van der Waals surface area contributed by atoms with E-state index in [2.05, 4.69) is 22.1 Å². The van der Waals surface area contributed by atoms with E-state index in [9.17, 15) is 9.59 Å². The summed E-state index contributed by atoms with van der Waals surface area (Å²) >= 11 is 1.25. The minimum absolute atomic E-state index is 0.0749. The average Bonchev–Trinajstić information content (AvgIpc) is 3.01. The summed E-state index contributed by atoms with van der Waals surface area (Å²) in [6, 6.07) is 0. The van der Waals surface area contributed by atoms with E-state index in [0.29, 0.717) is 11.7 Å². The Labute approximate surface area is 158 Å². The van der Waals surface area contributed by atoms with Gasteiger partial charge < -0.3 is 14.2 Å². The lowest BCUT2D eigenvalue weighted by Crippen LogP contribution is -3.13. The third-order valence-electron chi connectivity index (χ3n) is 4.22. The van der Waals surface area contributed by atoms with Crippen molar-refractivity contribution in [2.75, 3.05) is 32.0 Å². The predicted octanol–water partition coefficient (Wildman–Crippen LogP) is 0.440. The Kier molecular flexibility index (Phi) is 8.63. The number of hydrogen-bond acceptors (Lipinski definition) is 6. The standard InChI is InChI=1S/C17H27N5O3S/c1-3-9-22-14(8-12-21-10-6-5-7-11-21)19-20-16(22)26-13-15(23)18-17(24)25-4-2/h3H,1,4-13H2,2H3,(H,18,23,24)/p+1. The molecule has 26 heavy (non-hydrogen) atoms. The van der Waals surface area contributed by atoms with Crippen molar-refractivity contribution < 1.29 is 19.2 Å². The number of piperidine rings is 1. The van der Waals surface area contributed by atoms with E-state index >= 15 is 0 Å². The minimum Gasteiger partial charge on any atom is -0.450 e. The van der Waals surface area contributed by atoms with E-state index in [-0.39, 0.29) is 12.4 Å². The van der Waals surface area contributed by atoms with Crippen molar-refractivity contribution in [2.24, 2.45) is 0 Å². The third-order valence-corrected chi connectivity index (χ3v) is 5.18. The average molecular weight is 383 g/mol. The minimum atomic E-state index is -0.726. The number of thioether (sulfide) groups is 1. The second-order valence-electron chi connectivity index (χ2n) is 6.17. The molecule has 1 aromatic rings. The van der Waals surface area contributed by atoms with Crippen molar-refractivity contribution in [1.82, 2.24) is 20.1 Å². The molecule has 1 aliphatic rings. The van der Waals surface area contributed by atoms with E-state index in [1.165, 1.54) is 44.1 Å². The highest BCUT2D eigenvalue weighted by Gasteiger charge is 2.18. The first-order valence-corrected chi connectivity index (χ1v) is 10.1. The van der Waals surface area contributed by atoms with Gasteiger partial charge in [0.15, 0.2) is 5.16 Å². The van der Waals surface area contributed by atoms with Crippen molar-refractivity contribution >= 4 is 23.8 Å². The van der Waals surface area contributed by atoms with Crippen molar-refractivity contribution in [3.8, 4) is 0 Å². The SMILES string of the molecule is C=CCn1c(CC[NH+]2CCCCC2)nnc1SCC(=O)NC(=O)OCC. The monoisotopic (exact) mass is 382 g/mol. The molecule has 0 bridgehead atoms. The summed E-state index contributed by atoms with van der Waals surface area (Å²) in [6.07, 6.45) is 5.85. The van der Waals surface area contributed by atoms with Gasteiger partial charge >= 0.3 is 6.09 Å². The predicted molar refractivity (Wildman–Crippen MR) is 99.2 cm³/mol. The molecule has 0 radical (unpaired) electrons. The molecule has 1 aliphatic heterocycles. The van der Waals surface area contributed by atoms with E-state index < -0.39 is 12.0 Å². The van der Waals surface area contributed by atoms with Crippen LogP contribution in [0.25, 0.3) is 0 Å². The lowest BCUT2D eigenvalue weighted by atomic mass is 10.1. The molecule has 1 fully saturated rings. The second kappa shape index (κ2) is 11.0. The zero-order valence-corrected chi connectivity index (χ0v) is 16.1. The van der Waals surface area contributed by atoms with Gasteiger partial charge in [0.1, 0.15) is 5.82 Å². The molecule has 1 saturated heterocycles. The van der Waals surface area contributed by atoms with Gasteiger partial charge in [0, 0.05) is 6.54 Å². The Morgan fingerprint density at radius 2 is 2.12 bits per heavy atom. The first kappa shape index (κ1) is 20.4. The number of hydrogen-bond donors (Lipinski definition) is 2. The van der Waals surface area contributed by atoms with Crippen LogP contribution in [-0.4, -0.2) is 58.8 Å². The maximum Gasteiger partial charge on any atom is 0.413 e. The molecular formula is C17H28N5O3S+. The number of carbonyl (C=O) groups excluding carboxylic acids is 2. The van der Waals surface area contributed by atoms with E-state index in [1.54, 1.807) is 17.9 Å². The van der Waals surface area contributed by atoms with Gasteiger partial charge in [-0.15, -0.1) is 16.8 Å². The van der Waals surface area contributed by atoms with E-state index in [4.69, 9.17) is 4.74 Å². The normalized spacial score (nSPS) is 14.8. The summed E-state index contributed by atoms with van der Waals surface area (Å²) in [4.78, 5) is 24.7. The summed E-state index contributed by atoms with van der Waals surface area (Å²) in [5.41, 5.74) is 0. The Hall–Kier alpha value is -1.87. The van der Waals surface area contributed by atoms with Crippen LogP contribution < -0.4 is 10.2 Å². The number of aromatic nitrogens is 3. The van der Waals surface area contributed by atoms with Crippen LogP contribution in [0.4, 0.5) is 4.79 Å². The van der Waals surface area contributed by atoms with Crippen LogP contribution in [0.5, 0.6) is 0 Å². The Morgan fingerprint density at radius 1 is 1.35 bits per heavy atom. The van der Waals surface area contributed by atoms with Gasteiger partial charge in [-0.1, -0.05) is 17.8 Å². The number of allylic oxidation sites excluding steroid dienone is 1. The molecule has 9 heteroatoms. The van der Waals surface area contributed by atoms with Gasteiger partial charge in [-0.25, -0.2) is 4.79 Å². The molecule has 0 atom stereocenters. The number of alkyl carbamates (subject to hydrolysis) is 1. The lowest BCUT2D eigenvalue weighted by Gasteiger charge is -2.23. The molecule has 2 N–H and O–H groups in total. The number of imide groups is 1. The van der Waals surface area contributed by atoms with Gasteiger partial charge in [0.25, 0.3) is 0 Å². The number of likely N-dealkylation sites (tertiary alicyclic amines) is 1. The smallest absolute Gasteiger partial charge is 0.413 e. The quantitative estimate of drug-likeness (QED) is 0.476. The van der Waals surface area contributed by atoms with Gasteiger partial charge in [0.05, 0.1) is 38.4 Å². The molecule has 0 aliphatic carbocycles. The summed E-state index contributed by atoms with van der Waals surface area (Å²) in [5.74, 6) is 0.572. The molecule has 144 valence electrons. The highest BCUT2D eigenvalue weighted by molar-refractivity contribution is 7.99. The van der Waals surface area contributed by atoms with Crippen molar-refractivity contribution in [3.05, 3.63) is 18.5 Å². The molecular weight excluding hydrogens is 354 g/mol. The van der Waals surface area contributed by atoms with Gasteiger partial charge in [-0.05, 0) is 26.2 Å². The maximum atomic E-state index is 11.8. The molecule has 0 aromatic carbocycles. The fourth-order valence-corrected chi connectivity index (χ4v) is 3.73. The zero-order valence-electron chi connectivity index (χ0n) is 15.3. The lowest BCUT2D eigenvalue weighted by molar-refractivity contribution is -0.904. The summed E-state index contributed by atoms with van der Waals surface area (Å²) in [5, 5.41) is 11.3. The molecule has 0 saturated carbocycles. The molecule has 2 rings (SSSR count). The van der Waals surface area contributed by atoms with Crippen LogP contribution in [-0.2, 0) is 22.5 Å². The second-order valence-corrected chi connectivity index (χ2v) is 7.11. The Morgan fingerprint density at radius 3 is 2.81 bits per heavy atom. The molecule has 0 unspecified atom stereocenters. The van der Waals surface area contributed by atoms with Gasteiger partial charge in [0.2, 0.25) is 5.91 Å². The van der Waals surface area contributed by atoms with Gasteiger partial charge in [-0.3, -0.25) is 10.1 Å². The zero-order chi connectivity index (χ0) is 18.8. The highest BCUT2D eigenvalue weighted by atomic mass is 32.2. The number of rotatable bonds is 9. The molecule has 0 spiro atoms. The Bertz CT molecular complexity index is 614. The van der Waals surface area contributed by atoms with Crippen molar-refractivity contribution in [2.45, 2.75) is 44.3 Å². The fraction of sp³-hybridized carbons (Fsp3) is 0.647.